The molecular weight excluding hydrogens is 236 g/mol. The summed E-state index contributed by atoms with van der Waals surface area (Å²) in [6, 6.07) is 1.29. The number of nitrogens with one attached hydrogen (secondary N) is 2. The second-order valence-corrected chi connectivity index (χ2v) is 3.88. The Labute approximate surface area is 104 Å². The largest absolute Gasteiger partial charge is 0.481 e. The highest BCUT2D eigenvalue weighted by Gasteiger charge is 2.07. The van der Waals surface area contributed by atoms with Gasteiger partial charge in [-0.3, -0.25) is 14.4 Å². The van der Waals surface area contributed by atoms with Crippen molar-refractivity contribution in [1.82, 2.24) is 10.3 Å². The van der Waals surface area contributed by atoms with Crippen molar-refractivity contribution in [2.75, 3.05) is 6.54 Å². The highest BCUT2D eigenvalue weighted by atomic mass is 16.4. The zero-order chi connectivity index (χ0) is 13.4. The van der Waals surface area contributed by atoms with Crippen LogP contribution in [0.15, 0.2) is 23.3 Å². The molecule has 0 spiro atoms. The number of H-pyrrole nitrogens is 1. The van der Waals surface area contributed by atoms with Gasteiger partial charge in [-0.15, -0.1) is 0 Å². The average Bonchev–Trinajstić information content (AvgIpc) is 2.33. The van der Waals surface area contributed by atoms with Gasteiger partial charge < -0.3 is 15.4 Å². The molecule has 0 aliphatic rings. The molecule has 0 saturated heterocycles. The number of aromatic amines is 1. The van der Waals surface area contributed by atoms with Crippen LogP contribution >= 0.6 is 0 Å². The number of unbranched alkanes of at least 4 members (excludes halogenated alkanes) is 2. The van der Waals surface area contributed by atoms with Gasteiger partial charge in [-0.2, -0.15) is 0 Å². The third-order valence-electron chi connectivity index (χ3n) is 2.42. The van der Waals surface area contributed by atoms with Gasteiger partial charge in [-0.05, 0) is 12.8 Å². The lowest BCUT2D eigenvalue weighted by Crippen LogP contribution is -2.29. The van der Waals surface area contributed by atoms with E-state index in [9.17, 15) is 14.4 Å². The Bertz CT molecular complexity index is 467. The topological polar surface area (TPSA) is 99.3 Å². The van der Waals surface area contributed by atoms with Crippen LogP contribution in [0.2, 0.25) is 0 Å². The Balaban J connectivity index is 2.24. The smallest absolute Gasteiger partial charge is 0.303 e. The van der Waals surface area contributed by atoms with E-state index in [0.29, 0.717) is 19.4 Å². The molecule has 0 bridgehead atoms. The number of carboxylic acids is 1. The fraction of sp³-hybridized carbons (Fsp3) is 0.417. The van der Waals surface area contributed by atoms with Crippen molar-refractivity contribution in [1.29, 1.82) is 0 Å². The minimum Gasteiger partial charge on any atom is -0.481 e. The molecule has 98 valence electrons. The Morgan fingerprint density at radius 1 is 1.28 bits per heavy atom. The predicted molar refractivity (Wildman–Crippen MR) is 65.5 cm³/mol. The Kier molecular flexibility index (Phi) is 5.63. The van der Waals surface area contributed by atoms with Crippen LogP contribution in [0.1, 0.15) is 36.0 Å². The molecule has 1 heterocycles. The summed E-state index contributed by atoms with van der Waals surface area (Å²) in [6.45, 7) is 0.437. The lowest BCUT2D eigenvalue weighted by atomic mass is 10.2. The summed E-state index contributed by atoms with van der Waals surface area (Å²) in [5.41, 5.74) is -0.236. The van der Waals surface area contributed by atoms with Gasteiger partial charge in [0.25, 0.3) is 5.91 Å². The molecule has 1 amide bonds. The van der Waals surface area contributed by atoms with E-state index in [0.717, 1.165) is 6.42 Å². The summed E-state index contributed by atoms with van der Waals surface area (Å²) in [5.74, 6) is -1.22. The van der Waals surface area contributed by atoms with Gasteiger partial charge >= 0.3 is 5.97 Å². The molecule has 0 aromatic carbocycles. The zero-order valence-corrected chi connectivity index (χ0v) is 9.94. The van der Waals surface area contributed by atoms with Crippen LogP contribution in [-0.2, 0) is 4.79 Å². The summed E-state index contributed by atoms with van der Waals surface area (Å²) in [4.78, 5) is 35.8. The minimum atomic E-state index is -0.810. The molecule has 18 heavy (non-hydrogen) atoms. The number of pyridine rings is 1. The third-order valence-corrected chi connectivity index (χ3v) is 2.42. The van der Waals surface area contributed by atoms with Crippen LogP contribution in [0.25, 0.3) is 0 Å². The van der Waals surface area contributed by atoms with Crippen molar-refractivity contribution in [2.45, 2.75) is 25.7 Å². The average molecular weight is 252 g/mol. The first-order valence-corrected chi connectivity index (χ1v) is 5.78. The normalized spacial score (nSPS) is 10.0. The molecule has 1 aromatic rings. The maximum Gasteiger partial charge on any atom is 0.303 e. The summed E-state index contributed by atoms with van der Waals surface area (Å²) in [6.07, 6.45) is 5.00. The maximum absolute atomic E-state index is 11.6. The summed E-state index contributed by atoms with van der Waals surface area (Å²) >= 11 is 0. The number of aliphatic carboxylic acids is 1. The van der Waals surface area contributed by atoms with Crippen molar-refractivity contribution >= 4 is 11.9 Å². The molecule has 3 N–H and O–H groups in total. The van der Waals surface area contributed by atoms with Crippen LogP contribution in [0.4, 0.5) is 0 Å². The number of carbonyl (C=O) groups excluding carboxylic acids is 1. The lowest BCUT2D eigenvalue weighted by Gasteiger charge is -2.03. The molecule has 0 radical (unpaired) electrons. The molecule has 0 aliphatic carbocycles. The molecule has 0 atom stereocenters. The Morgan fingerprint density at radius 3 is 2.72 bits per heavy atom. The molecule has 6 heteroatoms. The van der Waals surface area contributed by atoms with Crippen LogP contribution in [-0.4, -0.2) is 28.5 Å². The zero-order valence-electron chi connectivity index (χ0n) is 9.94. The quantitative estimate of drug-likeness (QED) is 0.623. The third kappa shape index (κ3) is 4.82. The minimum absolute atomic E-state index is 0.0861. The predicted octanol–water partition coefficient (Wildman–Crippen LogP) is 0.750. The fourth-order valence-electron chi connectivity index (χ4n) is 1.47. The van der Waals surface area contributed by atoms with Gasteiger partial charge in [0, 0.05) is 31.4 Å². The fourth-order valence-corrected chi connectivity index (χ4v) is 1.47. The van der Waals surface area contributed by atoms with Crippen molar-refractivity contribution in [3.8, 4) is 0 Å². The van der Waals surface area contributed by atoms with Gasteiger partial charge in [0.2, 0.25) is 0 Å². The number of aromatic nitrogens is 1. The number of amides is 1. The molecule has 0 unspecified atom stereocenters. The molecule has 6 nitrogen and oxygen atoms in total. The van der Waals surface area contributed by atoms with Crippen LogP contribution in [0.5, 0.6) is 0 Å². The van der Waals surface area contributed by atoms with E-state index in [1.54, 1.807) is 0 Å². The molecule has 0 aliphatic heterocycles. The second-order valence-electron chi connectivity index (χ2n) is 3.88. The Hall–Kier alpha value is -2.11. The molecular formula is C12H16N2O4. The second kappa shape index (κ2) is 7.26. The highest BCUT2D eigenvalue weighted by molar-refractivity contribution is 5.93. The van der Waals surface area contributed by atoms with E-state index in [1.165, 1.54) is 18.5 Å². The summed E-state index contributed by atoms with van der Waals surface area (Å²) in [5, 5.41) is 11.1. The molecule has 1 rings (SSSR count). The van der Waals surface area contributed by atoms with E-state index < -0.39 is 11.9 Å². The van der Waals surface area contributed by atoms with E-state index in [2.05, 4.69) is 10.3 Å². The number of hydrogen-bond acceptors (Lipinski definition) is 3. The number of carboxylic acid groups (broad SMARTS) is 1. The summed E-state index contributed by atoms with van der Waals surface area (Å²) < 4.78 is 0. The van der Waals surface area contributed by atoms with Crippen LogP contribution in [0.3, 0.4) is 0 Å². The van der Waals surface area contributed by atoms with Gasteiger partial charge in [0.1, 0.15) is 5.56 Å². The lowest BCUT2D eigenvalue weighted by molar-refractivity contribution is -0.137. The summed E-state index contributed by atoms with van der Waals surface area (Å²) in [7, 11) is 0. The number of carbonyl (C=O) groups is 2. The highest BCUT2D eigenvalue weighted by Crippen LogP contribution is 1.98. The van der Waals surface area contributed by atoms with E-state index in [-0.39, 0.29) is 17.4 Å². The number of hydrogen-bond donors (Lipinski definition) is 3. The molecule has 0 fully saturated rings. The van der Waals surface area contributed by atoms with Crippen molar-refractivity contribution < 1.29 is 14.7 Å². The van der Waals surface area contributed by atoms with Gasteiger partial charge in [0.15, 0.2) is 5.43 Å². The number of rotatable bonds is 7. The first kappa shape index (κ1) is 14.0. The SMILES string of the molecule is O=C(O)CCCCCNC(=O)c1c[nH]ccc1=O. The standard InChI is InChI=1S/C12H16N2O4/c15-10-5-7-13-8-9(10)12(18)14-6-3-1-2-4-11(16)17/h5,7-8H,1-4,6H2,(H,13,15)(H,14,18)(H,16,17). The van der Waals surface area contributed by atoms with E-state index >= 15 is 0 Å². The maximum atomic E-state index is 11.6. The van der Waals surface area contributed by atoms with Gasteiger partial charge in [-0.1, -0.05) is 6.42 Å². The van der Waals surface area contributed by atoms with Crippen LogP contribution < -0.4 is 10.7 Å². The molecule has 1 aromatic heterocycles. The van der Waals surface area contributed by atoms with Crippen molar-refractivity contribution in [3.63, 3.8) is 0 Å². The first-order valence-electron chi connectivity index (χ1n) is 5.78. The Morgan fingerprint density at radius 2 is 2.06 bits per heavy atom. The molecule has 0 saturated carbocycles. The first-order chi connectivity index (χ1) is 8.61. The van der Waals surface area contributed by atoms with Crippen LogP contribution in [0, 0.1) is 0 Å². The van der Waals surface area contributed by atoms with E-state index in [4.69, 9.17) is 5.11 Å². The monoisotopic (exact) mass is 252 g/mol. The van der Waals surface area contributed by atoms with Gasteiger partial charge in [-0.25, -0.2) is 0 Å². The van der Waals surface area contributed by atoms with Crippen molar-refractivity contribution in [3.05, 3.63) is 34.2 Å². The van der Waals surface area contributed by atoms with Gasteiger partial charge in [0.05, 0.1) is 0 Å². The van der Waals surface area contributed by atoms with E-state index in [1.807, 2.05) is 0 Å². The van der Waals surface area contributed by atoms with Crippen molar-refractivity contribution in [2.24, 2.45) is 0 Å².